The molecule has 0 bridgehead atoms. The molecule has 4 heteroatoms. The Morgan fingerprint density at radius 1 is 1.42 bits per heavy atom. The summed E-state index contributed by atoms with van der Waals surface area (Å²) in [4.78, 5) is 4.48. The van der Waals surface area contributed by atoms with Gasteiger partial charge in [0.25, 0.3) is 0 Å². The molecule has 0 aliphatic rings. The summed E-state index contributed by atoms with van der Waals surface area (Å²) < 4.78 is 7.43. The average molecular weight is 257 g/mol. The monoisotopic (exact) mass is 257 g/mol. The van der Waals surface area contributed by atoms with Crippen molar-refractivity contribution in [3.63, 3.8) is 0 Å². The van der Waals surface area contributed by atoms with E-state index in [9.17, 15) is 0 Å². The molecular formula is C15H19N3O. The van der Waals surface area contributed by atoms with E-state index in [1.165, 1.54) is 5.56 Å². The van der Waals surface area contributed by atoms with Gasteiger partial charge in [0.05, 0.1) is 18.5 Å². The Kier molecular flexibility index (Phi) is 3.90. The van der Waals surface area contributed by atoms with Crippen LogP contribution in [0.5, 0.6) is 5.75 Å². The number of imidazole rings is 1. The standard InChI is InChI=1S/C15H19N3O/c1-5-8-16-15-17-12(3)10-18(15)13-9-11(2)6-7-14(13)19-4/h5-7,9-10H,1,8H2,2-4H3,(H,16,17). The van der Waals surface area contributed by atoms with Crippen molar-refractivity contribution in [3.05, 3.63) is 48.3 Å². The van der Waals surface area contributed by atoms with Gasteiger partial charge in [0.1, 0.15) is 5.75 Å². The van der Waals surface area contributed by atoms with Gasteiger partial charge in [-0.2, -0.15) is 0 Å². The minimum atomic E-state index is 0.671. The fraction of sp³-hybridized carbons (Fsp3) is 0.267. The van der Waals surface area contributed by atoms with Crippen LogP contribution in [0.1, 0.15) is 11.3 Å². The summed E-state index contributed by atoms with van der Waals surface area (Å²) in [6.07, 6.45) is 3.80. The maximum absolute atomic E-state index is 5.43. The van der Waals surface area contributed by atoms with E-state index in [2.05, 4.69) is 29.9 Å². The topological polar surface area (TPSA) is 39.1 Å². The molecule has 0 spiro atoms. The molecule has 0 aliphatic heterocycles. The summed E-state index contributed by atoms with van der Waals surface area (Å²) in [5.41, 5.74) is 3.11. The van der Waals surface area contributed by atoms with Crippen molar-refractivity contribution in [1.29, 1.82) is 0 Å². The molecule has 4 nitrogen and oxygen atoms in total. The van der Waals surface area contributed by atoms with Crippen LogP contribution in [0.25, 0.3) is 5.69 Å². The number of aryl methyl sites for hydroxylation is 2. The number of benzene rings is 1. The minimum Gasteiger partial charge on any atom is -0.495 e. The Bertz CT molecular complexity index is 587. The van der Waals surface area contributed by atoms with Gasteiger partial charge in [0, 0.05) is 12.7 Å². The molecule has 0 unspecified atom stereocenters. The van der Waals surface area contributed by atoms with Crippen LogP contribution in [0.15, 0.2) is 37.1 Å². The highest BCUT2D eigenvalue weighted by Gasteiger charge is 2.11. The van der Waals surface area contributed by atoms with E-state index in [0.29, 0.717) is 6.54 Å². The van der Waals surface area contributed by atoms with E-state index >= 15 is 0 Å². The van der Waals surface area contributed by atoms with E-state index in [4.69, 9.17) is 4.74 Å². The molecule has 0 fully saturated rings. The molecule has 0 radical (unpaired) electrons. The zero-order valence-corrected chi connectivity index (χ0v) is 11.6. The maximum atomic E-state index is 5.43. The van der Waals surface area contributed by atoms with Crippen molar-refractivity contribution in [3.8, 4) is 11.4 Å². The number of hydrogen-bond acceptors (Lipinski definition) is 3. The molecule has 1 aromatic heterocycles. The molecule has 0 saturated carbocycles. The predicted molar refractivity (Wildman–Crippen MR) is 78.3 cm³/mol. The number of hydrogen-bond donors (Lipinski definition) is 1. The quantitative estimate of drug-likeness (QED) is 0.837. The third kappa shape index (κ3) is 2.78. The number of rotatable bonds is 5. The smallest absolute Gasteiger partial charge is 0.208 e. The van der Waals surface area contributed by atoms with E-state index < -0.39 is 0 Å². The second-order valence-electron chi connectivity index (χ2n) is 4.42. The highest BCUT2D eigenvalue weighted by Crippen LogP contribution is 2.27. The lowest BCUT2D eigenvalue weighted by Crippen LogP contribution is -2.06. The second-order valence-corrected chi connectivity index (χ2v) is 4.42. The SMILES string of the molecule is C=CCNc1nc(C)cn1-c1cc(C)ccc1OC. The number of ether oxygens (including phenoxy) is 1. The summed E-state index contributed by atoms with van der Waals surface area (Å²) in [5.74, 6) is 1.62. The van der Waals surface area contributed by atoms with E-state index in [1.54, 1.807) is 7.11 Å². The van der Waals surface area contributed by atoms with Crippen LogP contribution in [0, 0.1) is 13.8 Å². The number of nitrogens with one attached hydrogen (secondary N) is 1. The van der Waals surface area contributed by atoms with Gasteiger partial charge >= 0.3 is 0 Å². The predicted octanol–water partition coefficient (Wildman–Crippen LogP) is 3.10. The summed E-state index contributed by atoms with van der Waals surface area (Å²) in [6, 6.07) is 6.08. The molecule has 0 atom stereocenters. The minimum absolute atomic E-state index is 0.671. The first-order valence-corrected chi connectivity index (χ1v) is 6.21. The van der Waals surface area contributed by atoms with Crippen molar-refractivity contribution in [1.82, 2.24) is 9.55 Å². The van der Waals surface area contributed by atoms with Gasteiger partial charge in [-0.1, -0.05) is 12.1 Å². The van der Waals surface area contributed by atoms with E-state index in [-0.39, 0.29) is 0 Å². The van der Waals surface area contributed by atoms with Crippen LogP contribution in [-0.2, 0) is 0 Å². The number of anilines is 1. The van der Waals surface area contributed by atoms with Gasteiger partial charge in [0.2, 0.25) is 5.95 Å². The summed E-state index contributed by atoms with van der Waals surface area (Å²) >= 11 is 0. The molecule has 0 saturated heterocycles. The number of methoxy groups -OCH3 is 1. The zero-order chi connectivity index (χ0) is 13.8. The second kappa shape index (κ2) is 5.61. The lowest BCUT2D eigenvalue weighted by Gasteiger charge is -2.13. The molecule has 2 aromatic rings. The lowest BCUT2D eigenvalue weighted by atomic mass is 10.2. The molecule has 19 heavy (non-hydrogen) atoms. The van der Waals surface area contributed by atoms with Gasteiger partial charge in [-0.3, -0.25) is 4.57 Å². The van der Waals surface area contributed by atoms with Crippen LogP contribution < -0.4 is 10.1 Å². The van der Waals surface area contributed by atoms with Crippen LogP contribution in [-0.4, -0.2) is 23.2 Å². The van der Waals surface area contributed by atoms with Gasteiger partial charge in [0.15, 0.2) is 0 Å². The van der Waals surface area contributed by atoms with Gasteiger partial charge in [-0.05, 0) is 31.5 Å². The maximum Gasteiger partial charge on any atom is 0.208 e. The molecule has 2 rings (SSSR count). The molecule has 0 amide bonds. The Labute approximate surface area is 113 Å². The van der Waals surface area contributed by atoms with E-state index in [1.807, 2.05) is 35.9 Å². The van der Waals surface area contributed by atoms with Gasteiger partial charge in [-0.15, -0.1) is 6.58 Å². The first-order valence-electron chi connectivity index (χ1n) is 6.21. The number of aromatic nitrogens is 2. The van der Waals surface area contributed by atoms with Crippen LogP contribution >= 0.6 is 0 Å². The molecule has 1 aromatic carbocycles. The molecule has 100 valence electrons. The van der Waals surface area contributed by atoms with Crippen molar-refractivity contribution in [2.24, 2.45) is 0 Å². The first-order chi connectivity index (χ1) is 9.15. The van der Waals surface area contributed by atoms with Gasteiger partial charge in [-0.25, -0.2) is 4.98 Å². The van der Waals surface area contributed by atoms with E-state index in [0.717, 1.165) is 23.1 Å². The summed E-state index contributed by atoms with van der Waals surface area (Å²) in [6.45, 7) is 8.41. The Morgan fingerprint density at radius 2 is 2.21 bits per heavy atom. The fourth-order valence-electron chi connectivity index (χ4n) is 1.96. The van der Waals surface area contributed by atoms with Crippen molar-refractivity contribution >= 4 is 5.95 Å². The van der Waals surface area contributed by atoms with Crippen LogP contribution in [0.4, 0.5) is 5.95 Å². The highest BCUT2D eigenvalue weighted by atomic mass is 16.5. The van der Waals surface area contributed by atoms with Crippen molar-refractivity contribution < 1.29 is 4.74 Å². The Balaban J connectivity index is 2.51. The van der Waals surface area contributed by atoms with Crippen LogP contribution in [0.3, 0.4) is 0 Å². The Hall–Kier alpha value is -2.23. The summed E-state index contributed by atoms with van der Waals surface area (Å²) in [7, 11) is 1.68. The largest absolute Gasteiger partial charge is 0.495 e. The fourth-order valence-corrected chi connectivity index (χ4v) is 1.96. The first kappa shape index (κ1) is 13.2. The zero-order valence-electron chi connectivity index (χ0n) is 11.6. The van der Waals surface area contributed by atoms with Gasteiger partial charge < -0.3 is 10.1 Å². The summed E-state index contributed by atoms with van der Waals surface area (Å²) in [5, 5.41) is 3.23. The van der Waals surface area contributed by atoms with Crippen LogP contribution in [0.2, 0.25) is 0 Å². The third-order valence-corrected chi connectivity index (χ3v) is 2.82. The Morgan fingerprint density at radius 3 is 2.89 bits per heavy atom. The molecule has 0 aliphatic carbocycles. The molecular weight excluding hydrogens is 238 g/mol. The average Bonchev–Trinajstić information content (AvgIpc) is 2.77. The van der Waals surface area contributed by atoms with Crippen molar-refractivity contribution in [2.45, 2.75) is 13.8 Å². The number of nitrogens with zero attached hydrogens (tertiary/aromatic N) is 2. The van der Waals surface area contributed by atoms with Crippen molar-refractivity contribution in [2.75, 3.05) is 19.0 Å². The normalized spacial score (nSPS) is 10.3. The molecule has 1 heterocycles. The highest BCUT2D eigenvalue weighted by molar-refractivity contribution is 5.53. The third-order valence-electron chi connectivity index (χ3n) is 2.82. The lowest BCUT2D eigenvalue weighted by molar-refractivity contribution is 0.413. The molecule has 1 N–H and O–H groups in total.